The van der Waals surface area contributed by atoms with E-state index in [-0.39, 0.29) is 6.10 Å². The van der Waals surface area contributed by atoms with Gasteiger partial charge in [-0.3, -0.25) is 0 Å². The Morgan fingerprint density at radius 2 is 1.68 bits per heavy atom. The van der Waals surface area contributed by atoms with Crippen molar-refractivity contribution in [2.45, 2.75) is 84.5 Å². The summed E-state index contributed by atoms with van der Waals surface area (Å²) in [5.41, 5.74) is 1.90. The molecule has 3 atom stereocenters. The highest BCUT2D eigenvalue weighted by molar-refractivity contribution is 5.66. The van der Waals surface area contributed by atoms with Crippen LogP contribution >= 0.6 is 0 Å². The van der Waals surface area contributed by atoms with Crippen LogP contribution in [-0.4, -0.2) is 28.5 Å². The largest absolute Gasteiger partial charge is 0.516 e. The molecule has 0 unspecified atom stereocenters. The first-order valence-electron chi connectivity index (χ1n) is 11.5. The summed E-state index contributed by atoms with van der Waals surface area (Å²) in [4.78, 5) is 20.7. The fourth-order valence-corrected chi connectivity index (χ4v) is 3.36. The van der Waals surface area contributed by atoms with Crippen LogP contribution in [0.4, 0.5) is 4.79 Å². The van der Waals surface area contributed by atoms with Crippen LogP contribution in [-0.2, 0) is 15.9 Å². The summed E-state index contributed by atoms with van der Waals surface area (Å²) >= 11 is 0. The molecular weight excluding hydrogens is 392 g/mol. The highest BCUT2D eigenvalue weighted by Gasteiger charge is 2.39. The lowest BCUT2D eigenvalue weighted by molar-refractivity contribution is 0.0562. The van der Waals surface area contributed by atoms with Crippen molar-refractivity contribution in [2.24, 2.45) is 5.92 Å². The van der Waals surface area contributed by atoms with Gasteiger partial charge in [0.05, 0.1) is 0 Å². The molecule has 2 heterocycles. The van der Waals surface area contributed by atoms with Crippen molar-refractivity contribution in [2.75, 3.05) is 0 Å². The van der Waals surface area contributed by atoms with Gasteiger partial charge in [-0.25, -0.2) is 14.8 Å². The second-order valence-electron chi connectivity index (χ2n) is 8.41. The summed E-state index contributed by atoms with van der Waals surface area (Å²) in [6, 6.07) is 7.19. The average molecular weight is 427 g/mol. The summed E-state index contributed by atoms with van der Waals surface area (Å²) in [6.45, 7) is 6.44. The van der Waals surface area contributed by atoms with Crippen LogP contribution in [0.3, 0.4) is 0 Å². The Hall–Kier alpha value is -2.47. The number of unbranched alkanes of at least 4 members (excludes halogenated alkanes) is 4. The predicted octanol–water partition coefficient (Wildman–Crippen LogP) is 6.33. The van der Waals surface area contributed by atoms with Crippen molar-refractivity contribution in [3.63, 3.8) is 0 Å². The van der Waals surface area contributed by atoms with Crippen LogP contribution in [0, 0.1) is 5.92 Å². The van der Waals surface area contributed by atoms with E-state index >= 15 is 0 Å². The zero-order valence-electron chi connectivity index (χ0n) is 18.9. The van der Waals surface area contributed by atoms with Crippen LogP contribution in [0.1, 0.15) is 71.5 Å². The Balaban J connectivity index is 1.37. The molecule has 0 bridgehead atoms. The van der Waals surface area contributed by atoms with E-state index in [9.17, 15) is 4.79 Å². The minimum Gasteiger partial charge on any atom is -0.401 e. The topological polar surface area (TPSA) is 73.8 Å². The summed E-state index contributed by atoms with van der Waals surface area (Å²) in [7, 11) is 0. The molecule has 0 radical (unpaired) electrons. The molecule has 1 aromatic heterocycles. The van der Waals surface area contributed by atoms with E-state index in [1.54, 1.807) is 12.1 Å². The Kier molecular flexibility index (Phi) is 8.83. The van der Waals surface area contributed by atoms with Gasteiger partial charge in [-0.05, 0) is 37.0 Å². The molecule has 0 amide bonds. The number of carbonyl (C=O) groups is 1. The van der Waals surface area contributed by atoms with Crippen LogP contribution in [0.5, 0.6) is 5.75 Å². The van der Waals surface area contributed by atoms with Crippen LogP contribution < -0.4 is 4.74 Å². The highest BCUT2D eigenvalue weighted by atomic mass is 16.8. The van der Waals surface area contributed by atoms with Crippen LogP contribution in [0.2, 0.25) is 0 Å². The van der Waals surface area contributed by atoms with E-state index in [1.807, 2.05) is 31.5 Å². The molecule has 6 heteroatoms. The van der Waals surface area contributed by atoms with Crippen molar-refractivity contribution in [1.29, 1.82) is 0 Å². The van der Waals surface area contributed by atoms with E-state index in [1.165, 1.54) is 38.5 Å². The molecule has 0 N–H and O–H groups in total. The molecule has 0 saturated carbocycles. The number of rotatable bonds is 12. The Labute approximate surface area is 185 Å². The Morgan fingerprint density at radius 3 is 2.32 bits per heavy atom. The third kappa shape index (κ3) is 7.94. The van der Waals surface area contributed by atoms with Gasteiger partial charge in [0.2, 0.25) is 6.29 Å². The van der Waals surface area contributed by atoms with Gasteiger partial charge in [0.25, 0.3) is 0 Å². The number of carbonyl (C=O) groups excluding carboxylic acids is 1. The van der Waals surface area contributed by atoms with E-state index in [4.69, 9.17) is 14.2 Å². The number of aryl methyl sites for hydroxylation is 1. The summed E-state index contributed by atoms with van der Waals surface area (Å²) < 4.78 is 15.2. The average Bonchev–Trinajstić information content (AvgIpc) is 3.47. The predicted molar refractivity (Wildman–Crippen MR) is 120 cm³/mol. The molecule has 1 aliphatic heterocycles. The number of ether oxygens (including phenoxy) is 3. The molecule has 2 aromatic rings. The van der Waals surface area contributed by atoms with Gasteiger partial charge in [0.15, 0.2) is 0 Å². The summed E-state index contributed by atoms with van der Waals surface area (Å²) in [5.74, 6) is 2.17. The van der Waals surface area contributed by atoms with Crippen molar-refractivity contribution in [1.82, 2.24) is 9.97 Å². The molecule has 1 saturated heterocycles. The number of epoxide rings is 1. The maximum absolute atomic E-state index is 11.7. The third-order valence-corrected chi connectivity index (χ3v) is 5.76. The van der Waals surface area contributed by atoms with Crippen LogP contribution in [0.15, 0.2) is 36.7 Å². The standard InChI is InChI=1S/C25H34N2O4/c1-4-18(2)10-8-6-5-7-9-11-23-26-16-21(17-27-23)20-12-14-22(15-13-20)30-25(28)31-24-19(3)29-24/h12-19,24H,4-11H2,1-3H3/t18-,19+,24+/m0/s1. The second-order valence-corrected chi connectivity index (χ2v) is 8.41. The Morgan fingerprint density at radius 1 is 1.03 bits per heavy atom. The van der Waals surface area contributed by atoms with Crippen molar-refractivity contribution < 1.29 is 19.0 Å². The molecule has 3 rings (SSSR count). The molecule has 6 nitrogen and oxygen atoms in total. The fraction of sp³-hybridized carbons (Fsp3) is 0.560. The molecule has 0 spiro atoms. The van der Waals surface area contributed by atoms with Gasteiger partial charge >= 0.3 is 6.16 Å². The first-order chi connectivity index (χ1) is 15.0. The molecular formula is C25H34N2O4. The molecule has 1 aliphatic rings. The third-order valence-electron chi connectivity index (χ3n) is 5.76. The first kappa shape index (κ1) is 23.2. The maximum atomic E-state index is 11.7. The highest BCUT2D eigenvalue weighted by Crippen LogP contribution is 2.25. The molecule has 1 aromatic carbocycles. The van der Waals surface area contributed by atoms with E-state index in [0.29, 0.717) is 5.75 Å². The number of hydrogen-bond acceptors (Lipinski definition) is 6. The first-order valence-corrected chi connectivity index (χ1v) is 11.5. The SMILES string of the molecule is CC[C@H](C)CCCCCCCc1ncc(-c2ccc(OC(=O)O[C@H]3O[C@@H]3C)cc2)cn1. The van der Waals surface area contributed by atoms with Crippen molar-refractivity contribution in [3.05, 3.63) is 42.5 Å². The zero-order chi connectivity index (χ0) is 22.1. The van der Waals surface area contributed by atoms with E-state index < -0.39 is 12.4 Å². The van der Waals surface area contributed by atoms with Gasteiger partial charge in [-0.2, -0.15) is 0 Å². The smallest absolute Gasteiger partial charge is 0.401 e. The van der Waals surface area contributed by atoms with Gasteiger partial charge in [-0.15, -0.1) is 0 Å². The van der Waals surface area contributed by atoms with Crippen molar-refractivity contribution in [3.8, 4) is 16.9 Å². The lowest BCUT2D eigenvalue weighted by Crippen LogP contribution is -2.13. The van der Waals surface area contributed by atoms with Crippen molar-refractivity contribution >= 4 is 6.16 Å². The van der Waals surface area contributed by atoms with Gasteiger partial charge in [-0.1, -0.05) is 64.5 Å². The number of aromatic nitrogens is 2. The Bertz CT molecular complexity index is 807. The molecule has 31 heavy (non-hydrogen) atoms. The minimum atomic E-state index is -0.759. The minimum absolute atomic E-state index is 0.0580. The zero-order valence-corrected chi connectivity index (χ0v) is 18.9. The molecule has 168 valence electrons. The molecule has 1 fully saturated rings. The van der Waals surface area contributed by atoms with E-state index in [2.05, 4.69) is 23.8 Å². The molecule has 0 aliphatic carbocycles. The second kappa shape index (κ2) is 11.8. The monoisotopic (exact) mass is 426 g/mol. The number of hydrogen-bond donors (Lipinski definition) is 0. The van der Waals surface area contributed by atoms with Crippen LogP contribution in [0.25, 0.3) is 11.1 Å². The quantitative estimate of drug-likeness (QED) is 0.171. The number of nitrogens with zero attached hydrogens (tertiary/aromatic N) is 2. The van der Waals surface area contributed by atoms with Gasteiger partial charge in [0, 0.05) is 24.4 Å². The lowest BCUT2D eigenvalue weighted by atomic mass is 10.00. The summed E-state index contributed by atoms with van der Waals surface area (Å²) in [5, 5.41) is 0. The van der Waals surface area contributed by atoms with E-state index in [0.717, 1.165) is 35.7 Å². The van der Waals surface area contributed by atoms with Gasteiger partial charge in [0.1, 0.15) is 17.7 Å². The van der Waals surface area contributed by atoms with Gasteiger partial charge < -0.3 is 14.2 Å². The summed E-state index contributed by atoms with van der Waals surface area (Å²) in [6.07, 6.45) is 12.3. The maximum Gasteiger partial charge on any atom is 0.516 e. The fourth-order valence-electron chi connectivity index (χ4n) is 3.36. The normalized spacial score (nSPS) is 18.4. The number of benzene rings is 1. The lowest BCUT2D eigenvalue weighted by Gasteiger charge is -2.07.